The number of hydrogen-bond acceptors (Lipinski definition) is 3. The van der Waals surface area contributed by atoms with Crippen LogP contribution in [-0.2, 0) is 11.3 Å². The van der Waals surface area contributed by atoms with Crippen LogP contribution in [-0.4, -0.2) is 35.6 Å². The van der Waals surface area contributed by atoms with Crippen LogP contribution in [0.1, 0.15) is 17.7 Å². The van der Waals surface area contributed by atoms with Gasteiger partial charge in [0.05, 0.1) is 16.3 Å². The second-order valence-electron chi connectivity index (χ2n) is 4.81. The van der Waals surface area contributed by atoms with Crippen molar-refractivity contribution in [3.63, 3.8) is 0 Å². The number of rotatable bonds is 5. The van der Waals surface area contributed by atoms with Gasteiger partial charge in [0.1, 0.15) is 0 Å². The summed E-state index contributed by atoms with van der Waals surface area (Å²) < 4.78 is 0.687. The van der Waals surface area contributed by atoms with Crippen molar-refractivity contribution >= 4 is 34.9 Å². The van der Waals surface area contributed by atoms with Crippen molar-refractivity contribution in [2.45, 2.75) is 19.4 Å². The Labute approximate surface area is 120 Å². The Hall–Kier alpha value is -1.27. The SMILES string of the molecule is CN(Cc1ccc(Cl)s1)C(=O)NCC1(C(=O)O)CC1. The predicted molar refractivity (Wildman–Crippen MR) is 73.5 cm³/mol. The molecule has 104 valence electrons. The summed E-state index contributed by atoms with van der Waals surface area (Å²) in [4.78, 5) is 25.3. The molecular weight excluding hydrogens is 288 g/mol. The number of thiophene rings is 1. The molecule has 0 saturated heterocycles. The zero-order valence-corrected chi connectivity index (χ0v) is 12.1. The second-order valence-corrected chi connectivity index (χ2v) is 6.61. The van der Waals surface area contributed by atoms with E-state index in [1.54, 1.807) is 13.1 Å². The van der Waals surface area contributed by atoms with Crippen LogP contribution in [0.4, 0.5) is 4.79 Å². The topological polar surface area (TPSA) is 69.6 Å². The summed E-state index contributed by atoms with van der Waals surface area (Å²) >= 11 is 7.25. The lowest BCUT2D eigenvalue weighted by Crippen LogP contribution is -2.41. The minimum atomic E-state index is -0.833. The van der Waals surface area contributed by atoms with Gasteiger partial charge in [-0.2, -0.15) is 0 Å². The molecule has 5 nitrogen and oxygen atoms in total. The van der Waals surface area contributed by atoms with Crippen molar-refractivity contribution in [2.24, 2.45) is 5.41 Å². The van der Waals surface area contributed by atoms with Gasteiger partial charge < -0.3 is 15.3 Å². The molecule has 7 heteroatoms. The number of nitrogens with one attached hydrogen (secondary N) is 1. The molecule has 0 aromatic carbocycles. The number of nitrogens with zero attached hydrogens (tertiary/aromatic N) is 1. The van der Waals surface area contributed by atoms with E-state index in [1.165, 1.54) is 16.2 Å². The molecule has 1 aliphatic rings. The minimum Gasteiger partial charge on any atom is -0.481 e. The molecule has 0 spiro atoms. The van der Waals surface area contributed by atoms with Crippen LogP contribution >= 0.6 is 22.9 Å². The highest BCUT2D eigenvalue weighted by Crippen LogP contribution is 2.45. The Morgan fingerprint density at radius 2 is 2.21 bits per heavy atom. The van der Waals surface area contributed by atoms with Crippen LogP contribution in [0.5, 0.6) is 0 Å². The fourth-order valence-electron chi connectivity index (χ4n) is 1.74. The quantitative estimate of drug-likeness (QED) is 0.877. The summed E-state index contributed by atoms with van der Waals surface area (Å²) in [5.41, 5.74) is -0.733. The molecule has 0 radical (unpaired) electrons. The molecule has 2 amide bonds. The predicted octanol–water partition coefficient (Wildman–Crippen LogP) is 2.41. The summed E-state index contributed by atoms with van der Waals surface area (Å²) in [6, 6.07) is 3.39. The van der Waals surface area contributed by atoms with Crippen molar-refractivity contribution in [3.8, 4) is 0 Å². The van der Waals surface area contributed by atoms with Crippen molar-refractivity contribution in [2.75, 3.05) is 13.6 Å². The molecule has 1 fully saturated rings. The average Bonchev–Trinajstić information content (AvgIpc) is 3.05. The van der Waals surface area contributed by atoms with E-state index in [1.807, 2.05) is 6.07 Å². The van der Waals surface area contributed by atoms with Crippen molar-refractivity contribution < 1.29 is 14.7 Å². The monoisotopic (exact) mass is 302 g/mol. The number of halogens is 1. The lowest BCUT2D eigenvalue weighted by Gasteiger charge is -2.19. The molecule has 0 atom stereocenters. The lowest BCUT2D eigenvalue weighted by atomic mass is 10.1. The maximum atomic E-state index is 11.8. The summed E-state index contributed by atoms with van der Waals surface area (Å²) in [7, 11) is 1.67. The zero-order valence-electron chi connectivity index (χ0n) is 10.5. The largest absolute Gasteiger partial charge is 0.481 e. The average molecular weight is 303 g/mol. The van der Waals surface area contributed by atoms with Crippen LogP contribution in [0.2, 0.25) is 4.34 Å². The number of amides is 2. The fraction of sp³-hybridized carbons (Fsp3) is 0.500. The summed E-state index contributed by atoms with van der Waals surface area (Å²) in [5.74, 6) is -0.833. The van der Waals surface area contributed by atoms with Gasteiger partial charge in [-0.3, -0.25) is 4.79 Å². The van der Waals surface area contributed by atoms with E-state index >= 15 is 0 Å². The number of carbonyl (C=O) groups excluding carboxylic acids is 1. The molecule has 2 N–H and O–H groups in total. The first-order chi connectivity index (χ1) is 8.93. The standard InChI is InChI=1S/C12H15ClN2O3S/c1-15(6-8-2-3-9(13)19-8)11(18)14-7-12(4-5-12)10(16)17/h2-3H,4-7H2,1H3,(H,14,18)(H,16,17). The Balaban J connectivity index is 1.81. The minimum absolute atomic E-state index is 0.191. The van der Waals surface area contributed by atoms with E-state index in [0.717, 1.165) is 4.88 Å². The molecule has 1 aromatic rings. The Morgan fingerprint density at radius 1 is 1.53 bits per heavy atom. The highest BCUT2D eigenvalue weighted by Gasteiger charge is 2.50. The third-order valence-electron chi connectivity index (χ3n) is 3.25. The summed E-state index contributed by atoms with van der Waals surface area (Å²) in [6.45, 7) is 0.653. The highest BCUT2D eigenvalue weighted by atomic mass is 35.5. The van der Waals surface area contributed by atoms with E-state index in [9.17, 15) is 9.59 Å². The van der Waals surface area contributed by atoms with E-state index in [2.05, 4.69) is 5.32 Å². The van der Waals surface area contributed by atoms with Gasteiger partial charge in [0.2, 0.25) is 0 Å². The van der Waals surface area contributed by atoms with Crippen LogP contribution < -0.4 is 5.32 Å². The van der Waals surface area contributed by atoms with E-state index in [-0.39, 0.29) is 12.6 Å². The first-order valence-electron chi connectivity index (χ1n) is 5.89. The molecule has 1 saturated carbocycles. The van der Waals surface area contributed by atoms with Gasteiger partial charge in [0.25, 0.3) is 0 Å². The van der Waals surface area contributed by atoms with E-state index in [4.69, 9.17) is 16.7 Å². The summed E-state index contributed by atoms with van der Waals surface area (Å²) in [5, 5.41) is 11.7. The number of hydrogen-bond donors (Lipinski definition) is 2. The van der Waals surface area contributed by atoms with Gasteiger partial charge in [-0.05, 0) is 25.0 Å². The molecular formula is C12H15ClN2O3S. The Morgan fingerprint density at radius 3 is 2.68 bits per heavy atom. The smallest absolute Gasteiger partial charge is 0.317 e. The van der Waals surface area contributed by atoms with E-state index in [0.29, 0.717) is 23.7 Å². The van der Waals surface area contributed by atoms with Crippen molar-refractivity contribution in [1.82, 2.24) is 10.2 Å². The summed E-state index contributed by atoms with van der Waals surface area (Å²) in [6.07, 6.45) is 1.26. The molecule has 0 unspecified atom stereocenters. The van der Waals surface area contributed by atoms with Crippen LogP contribution in [0.3, 0.4) is 0 Å². The molecule has 19 heavy (non-hydrogen) atoms. The third kappa shape index (κ3) is 3.39. The normalized spacial score (nSPS) is 15.9. The zero-order chi connectivity index (χ0) is 14.0. The van der Waals surface area contributed by atoms with Crippen LogP contribution in [0.25, 0.3) is 0 Å². The van der Waals surface area contributed by atoms with Crippen molar-refractivity contribution in [3.05, 3.63) is 21.3 Å². The number of carbonyl (C=O) groups is 2. The molecule has 0 bridgehead atoms. The van der Waals surface area contributed by atoms with Gasteiger partial charge >= 0.3 is 12.0 Å². The maximum Gasteiger partial charge on any atom is 0.317 e. The number of aliphatic carboxylic acids is 1. The van der Waals surface area contributed by atoms with Crippen LogP contribution in [0.15, 0.2) is 12.1 Å². The van der Waals surface area contributed by atoms with Gasteiger partial charge in [0, 0.05) is 18.5 Å². The highest BCUT2D eigenvalue weighted by molar-refractivity contribution is 7.16. The molecule has 1 aliphatic carbocycles. The van der Waals surface area contributed by atoms with Gasteiger partial charge in [0.15, 0.2) is 0 Å². The lowest BCUT2D eigenvalue weighted by molar-refractivity contribution is -0.143. The molecule has 0 aliphatic heterocycles. The Kier molecular flexibility index (Phi) is 4.01. The molecule has 2 rings (SSSR count). The number of urea groups is 1. The fourth-order valence-corrected chi connectivity index (χ4v) is 2.88. The van der Waals surface area contributed by atoms with Crippen molar-refractivity contribution in [1.29, 1.82) is 0 Å². The van der Waals surface area contributed by atoms with Crippen LogP contribution in [0, 0.1) is 5.41 Å². The van der Waals surface area contributed by atoms with Gasteiger partial charge in [-0.1, -0.05) is 11.6 Å². The molecule has 1 heterocycles. The Bertz CT molecular complexity index is 499. The first kappa shape index (κ1) is 14.1. The second kappa shape index (κ2) is 5.38. The van der Waals surface area contributed by atoms with E-state index < -0.39 is 11.4 Å². The maximum absolute atomic E-state index is 11.8. The molecule has 1 aromatic heterocycles. The number of carboxylic acids is 1. The first-order valence-corrected chi connectivity index (χ1v) is 7.09. The van der Waals surface area contributed by atoms with Gasteiger partial charge in [-0.25, -0.2) is 4.79 Å². The number of carboxylic acid groups (broad SMARTS) is 1. The third-order valence-corrected chi connectivity index (χ3v) is 4.47. The van der Waals surface area contributed by atoms with Gasteiger partial charge in [-0.15, -0.1) is 11.3 Å².